The van der Waals surface area contributed by atoms with Crippen LogP contribution in [0.15, 0.2) is 48.5 Å². The van der Waals surface area contributed by atoms with Crippen LogP contribution in [0, 0.1) is 0 Å². The molecule has 19 heavy (non-hydrogen) atoms. The molecule has 1 aromatic heterocycles. The Hall–Kier alpha value is -1.73. The molecule has 0 aliphatic carbocycles. The lowest BCUT2D eigenvalue weighted by Gasteiger charge is -2.07. The molecule has 0 unspecified atom stereocenters. The largest absolute Gasteiger partial charge is 0.213 e. The molecule has 2 aromatic carbocycles. The van der Waals surface area contributed by atoms with Gasteiger partial charge in [-0.3, -0.25) is 0 Å². The third-order valence-corrected chi connectivity index (χ3v) is 4.03. The van der Waals surface area contributed by atoms with Crippen molar-refractivity contribution in [3.05, 3.63) is 54.1 Å². The highest BCUT2D eigenvalue weighted by Crippen LogP contribution is 2.30. The summed E-state index contributed by atoms with van der Waals surface area (Å²) in [5.41, 5.74) is 4.43. The van der Waals surface area contributed by atoms with Crippen molar-refractivity contribution in [1.82, 2.24) is 15.0 Å². The molecule has 0 aliphatic rings. The lowest BCUT2D eigenvalue weighted by Crippen LogP contribution is -1.96. The highest BCUT2D eigenvalue weighted by molar-refractivity contribution is 7.55. The molecule has 3 aromatic rings. The molecule has 0 aliphatic heterocycles. The SMILES string of the molecule is CP(C)Cc1ccc(-n2nnc3ccccc32)cc1. The molecule has 3 nitrogen and oxygen atoms in total. The van der Waals surface area contributed by atoms with Crippen LogP contribution >= 0.6 is 7.92 Å². The number of para-hydroxylation sites is 1. The van der Waals surface area contributed by atoms with Gasteiger partial charge in [0.25, 0.3) is 0 Å². The Labute approximate surface area is 114 Å². The van der Waals surface area contributed by atoms with E-state index in [9.17, 15) is 0 Å². The number of hydrogen-bond acceptors (Lipinski definition) is 2. The molecule has 0 atom stereocenters. The van der Waals surface area contributed by atoms with Crippen molar-refractivity contribution in [2.75, 3.05) is 13.3 Å². The fourth-order valence-electron chi connectivity index (χ4n) is 2.17. The summed E-state index contributed by atoms with van der Waals surface area (Å²) in [4.78, 5) is 0. The second kappa shape index (κ2) is 5.10. The zero-order chi connectivity index (χ0) is 13.2. The van der Waals surface area contributed by atoms with E-state index in [1.54, 1.807) is 0 Å². The van der Waals surface area contributed by atoms with Crippen LogP contribution < -0.4 is 0 Å². The van der Waals surface area contributed by atoms with Crippen molar-refractivity contribution in [2.45, 2.75) is 6.16 Å². The van der Waals surface area contributed by atoms with Gasteiger partial charge in [-0.05, 0) is 49.3 Å². The minimum atomic E-state index is 0.106. The van der Waals surface area contributed by atoms with E-state index in [1.165, 1.54) is 11.7 Å². The molecule has 1 heterocycles. The van der Waals surface area contributed by atoms with Crippen LogP contribution in [0.2, 0.25) is 0 Å². The number of rotatable bonds is 3. The number of hydrogen-bond donors (Lipinski definition) is 0. The molecule has 96 valence electrons. The van der Waals surface area contributed by atoms with Gasteiger partial charge in [-0.25, -0.2) is 4.68 Å². The quantitative estimate of drug-likeness (QED) is 0.679. The maximum Gasteiger partial charge on any atom is 0.113 e. The summed E-state index contributed by atoms with van der Waals surface area (Å²) >= 11 is 0. The first-order valence-corrected chi connectivity index (χ1v) is 8.71. The Morgan fingerprint density at radius 1 is 1.00 bits per heavy atom. The van der Waals surface area contributed by atoms with Crippen molar-refractivity contribution in [1.29, 1.82) is 0 Å². The summed E-state index contributed by atoms with van der Waals surface area (Å²) in [6.07, 6.45) is 1.17. The molecule has 0 fully saturated rings. The maximum atomic E-state index is 4.23. The molecule has 0 saturated carbocycles. The van der Waals surface area contributed by atoms with Crippen molar-refractivity contribution in [3.63, 3.8) is 0 Å². The monoisotopic (exact) mass is 269 g/mol. The Morgan fingerprint density at radius 2 is 1.74 bits per heavy atom. The van der Waals surface area contributed by atoms with E-state index in [4.69, 9.17) is 0 Å². The van der Waals surface area contributed by atoms with Gasteiger partial charge in [0, 0.05) is 0 Å². The number of benzene rings is 2. The predicted octanol–water partition coefficient (Wildman–Crippen LogP) is 3.66. The first-order chi connectivity index (χ1) is 9.24. The average molecular weight is 269 g/mol. The number of nitrogens with zero attached hydrogens (tertiary/aromatic N) is 3. The predicted molar refractivity (Wildman–Crippen MR) is 81.3 cm³/mol. The van der Waals surface area contributed by atoms with E-state index in [1.807, 2.05) is 28.9 Å². The first-order valence-electron chi connectivity index (χ1n) is 6.28. The van der Waals surface area contributed by atoms with Gasteiger partial charge in [0.05, 0.1) is 11.2 Å². The summed E-state index contributed by atoms with van der Waals surface area (Å²) in [6.45, 7) is 4.60. The van der Waals surface area contributed by atoms with Gasteiger partial charge in [-0.15, -0.1) is 13.0 Å². The zero-order valence-electron chi connectivity index (χ0n) is 11.1. The fourth-order valence-corrected chi connectivity index (χ4v) is 3.11. The molecule has 0 saturated heterocycles. The molecule has 3 rings (SSSR count). The van der Waals surface area contributed by atoms with Crippen LogP contribution in [0.5, 0.6) is 0 Å². The molecular formula is C15H16N3P. The van der Waals surface area contributed by atoms with Crippen LogP contribution in [-0.2, 0) is 6.16 Å². The summed E-state index contributed by atoms with van der Waals surface area (Å²) < 4.78 is 1.89. The summed E-state index contributed by atoms with van der Waals surface area (Å²) in [7, 11) is 0.106. The molecular weight excluding hydrogens is 253 g/mol. The van der Waals surface area contributed by atoms with Crippen molar-refractivity contribution in [3.8, 4) is 5.69 Å². The van der Waals surface area contributed by atoms with E-state index in [0.717, 1.165) is 16.7 Å². The number of aromatic nitrogens is 3. The average Bonchev–Trinajstić information content (AvgIpc) is 2.83. The van der Waals surface area contributed by atoms with Crippen LogP contribution in [0.4, 0.5) is 0 Å². The van der Waals surface area contributed by atoms with E-state index in [2.05, 4.69) is 47.9 Å². The number of fused-ring (bicyclic) bond motifs is 1. The minimum absolute atomic E-state index is 0.106. The third kappa shape index (κ3) is 2.52. The third-order valence-electron chi connectivity index (χ3n) is 3.03. The van der Waals surface area contributed by atoms with E-state index < -0.39 is 0 Å². The van der Waals surface area contributed by atoms with Gasteiger partial charge >= 0.3 is 0 Å². The van der Waals surface area contributed by atoms with Crippen LogP contribution in [0.3, 0.4) is 0 Å². The summed E-state index contributed by atoms with van der Waals surface area (Å²) in [6, 6.07) is 16.6. The fraction of sp³-hybridized carbons (Fsp3) is 0.200. The second-order valence-electron chi connectivity index (χ2n) is 4.89. The van der Waals surface area contributed by atoms with Gasteiger partial charge in [-0.2, -0.15) is 0 Å². The van der Waals surface area contributed by atoms with Gasteiger partial charge in [0.2, 0.25) is 0 Å². The van der Waals surface area contributed by atoms with Crippen LogP contribution in [0.25, 0.3) is 16.7 Å². The normalized spacial score (nSPS) is 11.3. The van der Waals surface area contributed by atoms with E-state index in [0.29, 0.717) is 0 Å². The Balaban J connectivity index is 1.98. The Bertz CT molecular complexity index is 686. The highest BCUT2D eigenvalue weighted by Gasteiger charge is 2.05. The topological polar surface area (TPSA) is 30.7 Å². The lowest BCUT2D eigenvalue weighted by atomic mass is 10.2. The standard InChI is InChI=1S/C15H16N3P/c1-19(2)11-12-7-9-13(10-8-12)18-15-6-4-3-5-14(15)16-17-18/h3-10H,11H2,1-2H3. The van der Waals surface area contributed by atoms with Gasteiger partial charge in [-0.1, -0.05) is 29.5 Å². The molecule has 4 heteroatoms. The molecule has 0 radical (unpaired) electrons. The smallest absolute Gasteiger partial charge is 0.113 e. The van der Waals surface area contributed by atoms with Crippen molar-refractivity contribution in [2.24, 2.45) is 0 Å². The Kier molecular flexibility index (Phi) is 3.31. The molecule has 0 amide bonds. The van der Waals surface area contributed by atoms with Crippen molar-refractivity contribution >= 4 is 19.0 Å². The van der Waals surface area contributed by atoms with Gasteiger partial charge in [0.15, 0.2) is 0 Å². The van der Waals surface area contributed by atoms with E-state index >= 15 is 0 Å². The van der Waals surface area contributed by atoms with Crippen LogP contribution in [-0.4, -0.2) is 28.3 Å². The van der Waals surface area contributed by atoms with Crippen molar-refractivity contribution < 1.29 is 0 Å². The Morgan fingerprint density at radius 3 is 2.47 bits per heavy atom. The van der Waals surface area contributed by atoms with E-state index in [-0.39, 0.29) is 7.92 Å². The molecule has 0 bridgehead atoms. The van der Waals surface area contributed by atoms with Crippen LogP contribution in [0.1, 0.15) is 5.56 Å². The highest BCUT2D eigenvalue weighted by atomic mass is 31.1. The maximum absolute atomic E-state index is 4.23. The minimum Gasteiger partial charge on any atom is -0.213 e. The first kappa shape index (κ1) is 12.3. The summed E-state index contributed by atoms with van der Waals surface area (Å²) in [5, 5.41) is 8.41. The zero-order valence-corrected chi connectivity index (χ0v) is 12.0. The lowest BCUT2D eigenvalue weighted by molar-refractivity contribution is 0.823. The molecule has 0 N–H and O–H groups in total. The van der Waals surface area contributed by atoms with Gasteiger partial charge in [0.1, 0.15) is 5.52 Å². The summed E-state index contributed by atoms with van der Waals surface area (Å²) in [5.74, 6) is 0. The second-order valence-corrected chi connectivity index (χ2v) is 7.37. The van der Waals surface area contributed by atoms with Gasteiger partial charge < -0.3 is 0 Å². The molecule has 0 spiro atoms.